The molecule has 6 nitrogen and oxygen atoms in total. The summed E-state index contributed by atoms with van der Waals surface area (Å²) in [6.45, 7) is 1.03. The van der Waals surface area contributed by atoms with Gasteiger partial charge in [-0.15, -0.1) is 0 Å². The second-order valence-corrected chi connectivity index (χ2v) is 6.02. The van der Waals surface area contributed by atoms with Crippen LogP contribution in [0.15, 0.2) is 36.5 Å². The molecule has 1 aromatic carbocycles. The first-order valence-corrected chi connectivity index (χ1v) is 8.08. The van der Waals surface area contributed by atoms with Crippen LogP contribution in [-0.2, 0) is 11.8 Å². The summed E-state index contributed by atoms with van der Waals surface area (Å²) >= 11 is 0. The van der Waals surface area contributed by atoms with E-state index >= 15 is 0 Å². The van der Waals surface area contributed by atoms with Gasteiger partial charge in [0.15, 0.2) is 11.5 Å². The summed E-state index contributed by atoms with van der Waals surface area (Å²) < 4.78 is 12.6. The van der Waals surface area contributed by atoms with E-state index in [1.165, 1.54) is 0 Å². The van der Waals surface area contributed by atoms with Gasteiger partial charge in [-0.25, -0.2) is 0 Å². The molecule has 124 valence electrons. The average Bonchev–Trinajstić information content (AvgIpc) is 3.32. The van der Waals surface area contributed by atoms with Crippen molar-refractivity contribution in [3.05, 3.63) is 47.8 Å². The SMILES string of the molecule is Cn1nccc1/C=C/C(=O)N1CCCC1c1ccc2c(c1)OCO2. The molecule has 0 N–H and O–H groups in total. The molecule has 24 heavy (non-hydrogen) atoms. The van der Waals surface area contributed by atoms with E-state index in [1.807, 2.05) is 42.3 Å². The number of carbonyl (C=O) groups excluding carboxylic acids is 1. The van der Waals surface area contributed by atoms with Crippen LogP contribution >= 0.6 is 0 Å². The second kappa shape index (κ2) is 6.03. The minimum absolute atomic E-state index is 0.0244. The molecule has 1 unspecified atom stereocenters. The number of benzene rings is 1. The fourth-order valence-corrected chi connectivity index (χ4v) is 3.30. The molecule has 0 bridgehead atoms. The van der Waals surface area contributed by atoms with E-state index < -0.39 is 0 Å². The van der Waals surface area contributed by atoms with Crippen LogP contribution in [0.25, 0.3) is 6.08 Å². The van der Waals surface area contributed by atoms with Crippen molar-refractivity contribution >= 4 is 12.0 Å². The summed E-state index contributed by atoms with van der Waals surface area (Å²) in [7, 11) is 1.86. The smallest absolute Gasteiger partial charge is 0.247 e. The fraction of sp³-hybridized carbons (Fsp3) is 0.333. The largest absolute Gasteiger partial charge is 0.454 e. The maximum absolute atomic E-state index is 12.6. The van der Waals surface area contributed by atoms with Crippen molar-refractivity contribution in [2.45, 2.75) is 18.9 Å². The third kappa shape index (κ3) is 2.64. The van der Waals surface area contributed by atoms with Crippen LogP contribution in [0.2, 0.25) is 0 Å². The lowest BCUT2D eigenvalue weighted by molar-refractivity contribution is -0.126. The number of rotatable bonds is 3. The molecule has 6 heteroatoms. The van der Waals surface area contributed by atoms with Gasteiger partial charge in [-0.1, -0.05) is 6.07 Å². The van der Waals surface area contributed by atoms with Crippen molar-refractivity contribution in [2.24, 2.45) is 7.05 Å². The van der Waals surface area contributed by atoms with Crippen LogP contribution in [0.5, 0.6) is 11.5 Å². The third-order valence-corrected chi connectivity index (χ3v) is 4.57. The normalized spacial score (nSPS) is 19.4. The number of amides is 1. The van der Waals surface area contributed by atoms with Gasteiger partial charge in [0.05, 0.1) is 11.7 Å². The Morgan fingerprint density at radius 3 is 3.00 bits per heavy atom. The van der Waals surface area contributed by atoms with Crippen LogP contribution in [0, 0.1) is 0 Å². The van der Waals surface area contributed by atoms with E-state index in [0.717, 1.165) is 42.1 Å². The summed E-state index contributed by atoms with van der Waals surface area (Å²) in [5.41, 5.74) is 2.00. The topological polar surface area (TPSA) is 56.6 Å². The van der Waals surface area contributed by atoms with Crippen molar-refractivity contribution in [1.82, 2.24) is 14.7 Å². The van der Waals surface area contributed by atoms with Gasteiger partial charge < -0.3 is 14.4 Å². The molecule has 2 aliphatic heterocycles. The summed E-state index contributed by atoms with van der Waals surface area (Å²) in [5, 5.41) is 4.10. The zero-order chi connectivity index (χ0) is 16.5. The number of fused-ring (bicyclic) bond motifs is 1. The van der Waals surface area contributed by atoms with Crippen molar-refractivity contribution in [3.8, 4) is 11.5 Å². The molecule has 0 saturated carbocycles. The standard InChI is InChI=1S/C18H19N3O3/c1-20-14(8-9-19-20)5-7-18(22)21-10-2-3-15(21)13-4-6-16-17(11-13)24-12-23-16/h4-9,11,15H,2-3,10,12H2,1H3/b7-5+. The number of hydrogen-bond donors (Lipinski definition) is 0. The van der Waals surface area contributed by atoms with Crippen molar-refractivity contribution in [2.75, 3.05) is 13.3 Å². The lowest BCUT2D eigenvalue weighted by atomic mass is 10.0. The zero-order valence-electron chi connectivity index (χ0n) is 13.5. The van der Waals surface area contributed by atoms with Gasteiger partial charge in [0, 0.05) is 25.9 Å². The molecule has 0 radical (unpaired) electrons. The molecule has 0 spiro atoms. The third-order valence-electron chi connectivity index (χ3n) is 4.57. The van der Waals surface area contributed by atoms with E-state index in [4.69, 9.17) is 9.47 Å². The van der Waals surface area contributed by atoms with Gasteiger partial charge in [-0.2, -0.15) is 5.10 Å². The Kier molecular flexibility index (Phi) is 3.72. The Hall–Kier alpha value is -2.76. The van der Waals surface area contributed by atoms with Gasteiger partial charge in [-0.05, 0) is 42.7 Å². The quantitative estimate of drug-likeness (QED) is 0.814. The van der Waals surface area contributed by atoms with Gasteiger partial charge in [0.1, 0.15) is 0 Å². The molecule has 2 aliphatic rings. The first-order chi connectivity index (χ1) is 11.7. The van der Waals surface area contributed by atoms with Crippen molar-refractivity contribution in [1.29, 1.82) is 0 Å². The van der Waals surface area contributed by atoms with Crippen LogP contribution in [0.1, 0.15) is 30.1 Å². The molecule has 1 amide bonds. The summed E-state index contributed by atoms with van der Waals surface area (Å²) in [6.07, 6.45) is 7.12. The van der Waals surface area contributed by atoms with Gasteiger partial charge in [0.25, 0.3) is 0 Å². The van der Waals surface area contributed by atoms with E-state index in [1.54, 1.807) is 17.0 Å². The number of nitrogens with zero attached hydrogens (tertiary/aromatic N) is 3. The lowest BCUT2D eigenvalue weighted by Gasteiger charge is -2.24. The Morgan fingerprint density at radius 2 is 2.17 bits per heavy atom. The second-order valence-electron chi connectivity index (χ2n) is 6.02. The van der Waals surface area contributed by atoms with E-state index in [-0.39, 0.29) is 18.7 Å². The number of hydrogen-bond acceptors (Lipinski definition) is 4. The van der Waals surface area contributed by atoms with Crippen LogP contribution < -0.4 is 9.47 Å². The predicted octanol–water partition coefficient (Wildman–Crippen LogP) is 2.53. The Bertz CT molecular complexity index is 797. The summed E-state index contributed by atoms with van der Waals surface area (Å²) in [5.74, 6) is 1.55. The molecule has 3 heterocycles. The lowest BCUT2D eigenvalue weighted by Crippen LogP contribution is -2.28. The number of aromatic nitrogens is 2. The highest BCUT2D eigenvalue weighted by Crippen LogP contribution is 2.38. The summed E-state index contributed by atoms with van der Waals surface area (Å²) in [4.78, 5) is 14.5. The van der Waals surface area contributed by atoms with E-state index in [2.05, 4.69) is 5.10 Å². The first kappa shape index (κ1) is 14.8. The summed E-state index contributed by atoms with van der Waals surface area (Å²) in [6, 6.07) is 7.90. The zero-order valence-corrected chi connectivity index (χ0v) is 13.5. The highest BCUT2D eigenvalue weighted by Gasteiger charge is 2.30. The van der Waals surface area contributed by atoms with E-state index in [9.17, 15) is 4.79 Å². The van der Waals surface area contributed by atoms with E-state index in [0.29, 0.717) is 0 Å². The maximum Gasteiger partial charge on any atom is 0.247 e. The molecule has 0 aliphatic carbocycles. The molecule has 1 fully saturated rings. The Labute approximate surface area is 140 Å². The van der Waals surface area contributed by atoms with Crippen LogP contribution in [0.3, 0.4) is 0 Å². The highest BCUT2D eigenvalue weighted by molar-refractivity contribution is 5.92. The molecule has 4 rings (SSSR count). The van der Waals surface area contributed by atoms with Crippen LogP contribution in [-0.4, -0.2) is 33.9 Å². The number of ether oxygens (including phenoxy) is 2. The molecule has 2 aromatic rings. The Morgan fingerprint density at radius 1 is 1.29 bits per heavy atom. The highest BCUT2D eigenvalue weighted by atomic mass is 16.7. The average molecular weight is 325 g/mol. The molecule has 1 aromatic heterocycles. The number of carbonyl (C=O) groups is 1. The van der Waals surface area contributed by atoms with Crippen molar-refractivity contribution in [3.63, 3.8) is 0 Å². The molecular weight excluding hydrogens is 306 g/mol. The molecule has 1 atom stereocenters. The first-order valence-electron chi connectivity index (χ1n) is 8.08. The van der Waals surface area contributed by atoms with Gasteiger partial charge in [-0.3, -0.25) is 9.48 Å². The minimum atomic E-state index is 0.0244. The maximum atomic E-state index is 12.6. The van der Waals surface area contributed by atoms with Crippen LogP contribution in [0.4, 0.5) is 0 Å². The number of likely N-dealkylation sites (tertiary alicyclic amines) is 1. The Balaban J connectivity index is 1.53. The molecule has 1 saturated heterocycles. The minimum Gasteiger partial charge on any atom is -0.454 e. The van der Waals surface area contributed by atoms with Crippen molar-refractivity contribution < 1.29 is 14.3 Å². The monoisotopic (exact) mass is 325 g/mol. The van der Waals surface area contributed by atoms with Gasteiger partial charge in [0.2, 0.25) is 12.7 Å². The molecular formula is C18H19N3O3. The predicted molar refractivity (Wildman–Crippen MR) is 88.5 cm³/mol. The van der Waals surface area contributed by atoms with Gasteiger partial charge >= 0.3 is 0 Å². The number of aryl methyl sites for hydroxylation is 1. The fourth-order valence-electron chi connectivity index (χ4n) is 3.30.